The molecule has 1 rings (SSSR count). The van der Waals surface area contributed by atoms with E-state index in [9.17, 15) is 4.79 Å². The molecule has 0 saturated heterocycles. The van der Waals surface area contributed by atoms with Crippen molar-refractivity contribution in [2.45, 2.75) is 45.2 Å². The Kier molecular flexibility index (Phi) is 4.08. The molecule has 0 unspecified atom stereocenters. The van der Waals surface area contributed by atoms with E-state index in [0.29, 0.717) is 10.9 Å². The lowest BCUT2D eigenvalue weighted by molar-refractivity contribution is 0.509. The Morgan fingerprint density at radius 1 is 1.29 bits per heavy atom. The minimum atomic E-state index is -0.333. The van der Waals surface area contributed by atoms with Gasteiger partial charge >= 0.3 is 0 Å². The van der Waals surface area contributed by atoms with Gasteiger partial charge in [0.05, 0.1) is 0 Å². The van der Waals surface area contributed by atoms with E-state index in [0.717, 1.165) is 5.71 Å². The van der Waals surface area contributed by atoms with E-state index in [2.05, 4.69) is 15.3 Å². The second kappa shape index (κ2) is 5.00. The molecule has 0 bridgehead atoms. The lowest BCUT2D eigenvalue weighted by atomic mass is 9.93. The first-order valence-corrected chi connectivity index (χ1v) is 6.56. The van der Waals surface area contributed by atoms with Crippen molar-refractivity contribution in [3.63, 3.8) is 0 Å². The van der Waals surface area contributed by atoms with E-state index in [-0.39, 0.29) is 11.0 Å². The third-order valence-electron chi connectivity index (χ3n) is 2.00. The Morgan fingerprint density at radius 2 is 1.88 bits per heavy atom. The molecule has 5 nitrogen and oxygen atoms in total. The topological polar surface area (TPSA) is 60.1 Å². The fourth-order valence-electron chi connectivity index (χ4n) is 1.25. The second-order valence-corrected chi connectivity index (χ2v) is 5.72. The quantitative estimate of drug-likeness (QED) is 0.597. The first-order valence-electron chi connectivity index (χ1n) is 5.33. The zero-order valence-electron chi connectivity index (χ0n) is 11.1. The number of hydrogen-bond acceptors (Lipinski definition) is 5. The molecule has 6 heteroatoms. The van der Waals surface area contributed by atoms with Crippen molar-refractivity contribution in [1.29, 1.82) is 0 Å². The average molecular weight is 254 g/mol. The molecule has 94 valence electrons. The van der Waals surface area contributed by atoms with E-state index in [1.807, 2.05) is 40.9 Å². The van der Waals surface area contributed by atoms with Crippen molar-refractivity contribution in [1.82, 2.24) is 14.9 Å². The molecule has 0 amide bonds. The molecule has 0 aliphatic heterocycles. The smallest absolute Gasteiger partial charge is 0.265 e. The summed E-state index contributed by atoms with van der Waals surface area (Å²) in [6.07, 6.45) is 1.84. The van der Waals surface area contributed by atoms with Crippen LogP contribution >= 0.6 is 11.8 Å². The molecule has 1 heterocycles. The van der Waals surface area contributed by atoms with E-state index < -0.39 is 0 Å². The molecule has 0 radical (unpaired) electrons. The highest BCUT2D eigenvalue weighted by atomic mass is 32.2. The normalized spacial score (nSPS) is 11.4. The van der Waals surface area contributed by atoms with Crippen LogP contribution in [-0.4, -0.2) is 26.8 Å². The summed E-state index contributed by atoms with van der Waals surface area (Å²) in [6, 6.07) is 0. The lowest BCUT2D eigenvalue weighted by Crippen LogP contribution is -2.32. The monoisotopic (exact) mass is 254 g/mol. The highest BCUT2D eigenvalue weighted by Crippen LogP contribution is 2.17. The van der Waals surface area contributed by atoms with Crippen LogP contribution < -0.4 is 5.56 Å². The van der Waals surface area contributed by atoms with Gasteiger partial charge in [-0.25, -0.2) is 0 Å². The van der Waals surface area contributed by atoms with Crippen molar-refractivity contribution < 1.29 is 0 Å². The molecule has 1 aromatic rings. The lowest BCUT2D eigenvalue weighted by Gasteiger charge is -2.17. The minimum Gasteiger partial charge on any atom is -0.265 e. The first-order chi connectivity index (χ1) is 7.77. The van der Waals surface area contributed by atoms with Crippen molar-refractivity contribution >= 4 is 17.5 Å². The summed E-state index contributed by atoms with van der Waals surface area (Å²) >= 11 is 1.35. The van der Waals surface area contributed by atoms with E-state index in [1.165, 1.54) is 16.4 Å². The maximum atomic E-state index is 12.3. The molecule has 0 N–H and O–H groups in total. The summed E-state index contributed by atoms with van der Waals surface area (Å²) in [7, 11) is 0. The summed E-state index contributed by atoms with van der Waals surface area (Å²) in [5.41, 5.74) is 0.702. The van der Waals surface area contributed by atoms with Gasteiger partial charge < -0.3 is 0 Å². The summed E-state index contributed by atoms with van der Waals surface area (Å²) in [4.78, 5) is 12.3. The summed E-state index contributed by atoms with van der Waals surface area (Å²) in [6.45, 7) is 9.49. The Hall–Kier alpha value is -1.17. The molecular weight excluding hydrogens is 236 g/mol. The van der Waals surface area contributed by atoms with Gasteiger partial charge in [-0.2, -0.15) is 9.78 Å². The third-order valence-corrected chi connectivity index (χ3v) is 2.62. The molecular formula is C11H18N4OS. The van der Waals surface area contributed by atoms with Crippen LogP contribution in [0, 0.1) is 0 Å². The fraction of sp³-hybridized carbons (Fsp3) is 0.636. The van der Waals surface area contributed by atoms with Gasteiger partial charge in [0.25, 0.3) is 5.56 Å². The number of aromatic nitrogens is 3. The van der Waals surface area contributed by atoms with Crippen molar-refractivity contribution in [3.05, 3.63) is 16.0 Å². The molecule has 17 heavy (non-hydrogen) atoms. The Bertz CT molecular complexity index is 495. The fourth-order valence-corrected chi connectivity index (χ4v) is 1.67. The Labute approximate surface area is 105 Å². The molecule has 0 aliphatic rings. The van der Waals surface area contributed by atoms with Crippen LogP contribution in [0.1, 0.15) is 40.3 Å². The SMILES string of the molecule is CSc1nnc(C(C)(C)C)c(=O)n1N=C(C)C. The molecule has 0 aliphatic carbocycles. The van der Waals surface area contributed by atoms with Crippen LogP contribution in [0.2, 0.25) is 0 Å². The highest BCUT2D eigenvalue weighted by Gasteiger charge is 2.23. The van der Waals surface area contributed by atoms with Crippen molar-refractivity contribution in [3.8, 4) is 0 Å². The van der Waals surface area contributed by atoms with E-state index in [1.54, 1.807) is 0 Å². The summed E-state index contributed by atoms with van der Waals surface area (Å²) in [5, 5.41) is 12.8. The van der Waals surface area contributed by atoms with Crippen LogP contribution in [-0.2, 0) is 5.41 Å². The molecule has 1 aromatic heterocycles. The molecule has 0 atom stereocenters. The van der Waals surface area contributed by atoms with Gasteiger partial charge in [-0.3, -0.25) is 4.79 Å². The Balaban J connectivity index is 3.55. The van der Waals surface area contributed by atoms with Gasteiger partial charge in [0.15, 0.2) is 0 Å². The standard InChI is InChI=1S/C11H18N4OS/c1-7(2)14-15-9(16)8(11(3,4)5)12-13-10(15)17-6/h1-6H3. The third kappa shape index (κ3) is 3.15. The van der Waals surface area contributed by atoms with Crippen LogP contribution in [0.3, 0.4) is 0 Å². The maximum Gasteiger partial charge on any atom is 0.297 e. The number of thioether (sulfide) groups is 1. The largest absolute Gasteiger partial charge is 0.297 e. The van der Waals surface area contributed by atoms with E-state index in [4.69, 9.17) is 0 Å². The predicted molar refractivity (Wildman–Crippen MR) is 71.0 cm³/mol. The van der Waals surface area contributed by atoms with Gasteiger partial charge in [-0.15, -0.1) is 10.2 Å². The number of rotatable bonds is 2. The van der Waals surface area contributed by atoms with Crippen molar-refractivity contribution in [2.24, 2.45) is 5.10 Å². The first kappa shape index (κ1) is 13.9. The average Bonchev–Trinajstić information content (AvgIpc) is 2.18. The van der Waals surface area contributed by atoms with Gasteiger partial charge in [0.1, 0.15) is 5.69 Å². The number of nitrogens with zero attached hydrogens (tertiary/aromatic N) is 4. The van der Waals surface area contributed by atoms with Crippen LogP contribution in [0.15, 0.2) is 15.1 Å². The minimum absolute atomic E-state index is 0.196. The second-order valence-electron chi connectivity index (χ2n) is 4.95. The molecule has 0 saturated carbocycles. The molecule has 0 spiro atoms. The van der Waals surface area contributed by atoms with Crippen molar-refractivity contribution in [2.75, 3.05) is 6.26 Å². The highest BCUT2D eigenvalue weighted by molar-refractivity contribution is 7.98. The van der Waals surface area contributed by atoms with Crippen LogP contribution in [0.25, 0.3) is 0 Å². The number of hydrogen-bond donors (Lipinski definition) is 0. The van der Waals surface area contributed by atoms with Gasteiger partial charge in [-0.05, 0) is 20.1 Å². The van der Waals surface area contributed by atoms with Gasteiger partial charge in [-0.1, -0.05) is 32.5 Å². The molecule has 0 fully saturated rings. The summed E-state index contributed by atoms with van der Waals surface area (Å²) < 4.78 is 1.33. The van der Waals surface area contributed by atoms with Gasteiger partial charge in [0.2, 0.25) is 5.16 Å². The zero-order valence-corrected chi connectivity index (χ0v) is 11.9. The maximum absolute atomic E-state index is 12.3. The predicted octanol–water partition coefficient (Wildman–Crippen LogP) is 1.90. The van der Waals surface area contributed by atoms with Gasteiger partial charge in [0, 0.05) is 11.1 Å². The Morgan fingerprint density at radius 3 is 2.29 bits per heavy atom. The van der Waals surface area contributed by atoms with Crippen LogP contribution in [0.5, 0.6) is 0 Å². The van der Waals surface area contributed by atoms with E-state index >= 15 is 0 Å². The zero-order chi connectivity index (χ0) is 13.2. The molecule has 0 aromatic carbocycles. The summed E-state index contributed by atoms with van der Waals surface area (Å²) in [5.74, 6) is 0. The van der Waals surface area contributed by atoms with Crippen LogP contribution in [0.4, 0.5) is 0 Å².